The Kier molecular flexibility index (Phi) is 5.66. The zero-order chi connectivity index (χ0) is 12.8. The van der Waals surface area contributed by atoms with Crippen LogP contribution in [0.5, 0.6) is 0 Å². The molecule has 0 unspecified atom stereocenters. The fourth-order valence-corrected chi connectivity index (χ4v) is 2.00. The second-order valence-electron chi connectivity index (χ2n) is 5.14. The summed E-state index contributed by atoms with van der Waals surface area (Å²) in [5.41, 5.74) is 9.76. The fourth-order valence-electron chi connectivity index (χ4n) is 2.00. The van der Waals surface area contributed by atoms with E-state index in [1.54, 1.807) is 0 Å². The number of hydrogen-bond acceptors (Lipinski definition) is 2. The summed E-state index contributed by atoms with van der Waals surface area (Å²) in [6.45, 7) is 11.7. The standard InChI is InChI=1S/C15H26N2/c1-12(2)17(9-5-8-16)11-15-10-13(3)6-7-14(15)4/h6-7,10,12H,5,8-9,11,16H2,1-4H3. The van der Waals surface area contributed by atoms with E-state index in [9.17, 15) is 0 Å². The SMILES string of the molecule is Cc1ccc(C)c(CN(CCCN)C(C)C)c1. The summed E-state index contributed by atoms with van der Waals surface area (Å²) in [6, 6.07) is 7.26. The fraction of sp³-hybridized carbons (Fsp3) is 0.600. The first-order valence-electron chi connectivity index (χ1n) is 6.55. The molecular weight excluding hydrogens is 208 g/mol. The van der Waals surface area contributed by atoms with Gasteiger partial charge in [0.1, 0.15) is 0 Å². The van der Waals surface area contributed by atoms with Crippen molar-refractivity contribution in [1.29, 1.82) is 0 Å². The number of aryl methyl sites for hydroxylation is 2. The van der Waals surface area contributed by atoms with E-state index < -0.39 is 0 Å². The first-order valence-corrected chi connectivity index (χ1v) is 6.55. The van der Waals surface area contributed by atoms with Crippen molar-refractivity contribution in [2.45, 2.75) is 46.7 Å². The van der Waals surface area contributed by atoms with Gasteiger partial charge in [-0.05, 0) is 58.3 Å². The molecule has 0 fully saturated rings. The Bertz CT molecular complexity index is 345. The third-order valence-corrected chi connectivity index (χ3v) is 3.26. The molecule has 1 rings (SSSR count). The van der Waals surface area contributed by atoms with Crippen LogP contribution in [0.1, 0.15) is 37.0 Å². The average molecular weight is 234 g/mol. The second-order valence-corrected chi connectivity index (χ2v) is 5.14. The van der Waals surface area contributed by atoms with Gasteiger partial charge < -0.3 is 5.73 Å². The van der Waals surface area contributed by atoms with Crippen molar-refractivity contribution in [3.05, 3.63) is 34.9 Å². The van der Waals surface area contributed by atoms with Gasteiger partial charge in [-0.2, -0.15) is 0 Å². The van der Waals surface area contributed by atoms with Crippen molar-refractivity contribution in [2.75, 3.05) is 13.1 Å². The maximum Gasteiger partial charge on any atom is 0.0239 e. The molecule has 96 valence electrons. The van der Waals surface area contributed by atoms with Gasteiger partial charge in [0.2, 0.25) is 0 Å². The van der Waals surface area contributed by atoms with Crippen molar-refractivity contribution >= 4 is 0 Å². The Hall–Kier alpha value is -0.860. The number of rotatable bonds is 6. The first kappa shape index (κ1) is 14.2. The summed E-state index contributed by atoms with van der Waals surface area (Å²) in [4.78, 5) is 2.49. The van der Waals surface area contributed by atoms with Crippen LogP contribution in [0, 0.1) is 13.8 Å². The van der Waals surface area contributed by atoms with Crippen LogP contribution in [0.4, 0.5) is 0 Å². The Labute approximate surface area is 106 Å². The zero-order valence-electron chi connectivity index (χ0n) is 11.7. The van der Waals surface area contributed by atoms with Crippen LogP contribution >= 0.6 is 0 Å². The molecule has 0 aliphatic heterocycles. The maximum absolute atomic E-state index is 5.60. The minimum Gasteiger partial charge on any atom is -0.330 e. The highest BCUT2D eigenvalue weighted by Gasteiger charge is 2.10. The molecule has 0 heterocycles. The molecular formula is C15H26N2. The van der Waals surface area contributed by atoms with Gasteiger partial charge in [-0.1, -0.05) is 23.8 Å². The van der Waals surface area contributed by atoms with E-state index in [1.807, 2.05) is 0 Å². The Morgan fingerprint density at radius 2 is 1.94 bits per heavy atom. The first-order chi connectivity index (χ1) is 8.04. The molecule has 0 atom stereocenters. The van der Waals surface area contributed by atoms with E-state index in [0.717, 1.165) is 26.1 Å². The highest BCUT2D eigenvalue weighted by molar-refractivity contribution is 5.30. The second kappa shape index (κ2) is 6.77. The summed E-state index contributed by atoms with van der Waals surface area (Å²) < 4.78 is 0. The quantitative estimate of drug-likeness (QED) is 0.820. The molecule has 2 nitrogen and oxygen atoms in total. The van der Waals surface area contributed by atoms with E-state index in [1.165, 1.54) is 16.7 Å². The van der Waals surface area contributed by atoms with Gasteiger partial charge in [0.15, 0.2) is 0 Å². The molecule has 1 aromatic rings. The van der Waals surface area contributed by atoms with Gasteiger partial charge in [0, 0.05) is 12.6 Å². The lowest BCUT2D eigenvalue weighted by Gasteiger charge is -2.27. The molecule has 17 heavy (non-hydrogen) atoms. The predicted octanol–water partition coefficient (Wildman–Crippen LogP) is 2.86. The van der Waals surface area contributed by atoms with Gasteiger partial charge in [-0.3, -0.25) is 4.90 Å². The molecule has 0 bridgehead atoms. The molecule has 0 amide bonds. The monoisotopic (exact) mass is 234 g/mol. The van der Waals surface area contributed by atoms with Gasteiger partial charge >= 0.3 is 0 Å². The highest BCUT2D eigenvalue weighted by Crippen LogP contribution is 2.15. The van der Waals surface area contributed by atoms with E-state index in [2.05, 4.69) is 50.8 Å². The minimum atomic E-state index is 0.571. The van der Waals surface area contributed by atoms with Crippen molar-refractivity contribution in [2.24, 2.45) is 5.73 Å². The molecule has 0 radical (unpaired) electrons. The van der Waals surface area contributed by atoms with E-state index in [4.69, 9.17) is 5.73 Å². The maximum atomic E-state index is 5.60. The highest BCUT2D eigenvalue weighted by atomic mass is 15.1. The van der Waals surface area contributed by atoms with Crippen LogP contribution in [0.3, 0.4) is 0 Å². The van der Waals surface area contributed by atoms with E-state index in [0.29, 0.717) is 6.04 Å². The molecule has 0 aromatic heterocycles. The number of nitrogens with two attached hydrogens (primary N) is 1. The smallest absolute Gasteiger partial charge is 0.0239 e. The number of hydrogen-bond donors (Lipinski definition) is 1. The van der Waals surface area contributed by atoms with Gasteiger partial charge in [-0.25, -0.2) is 0 Å². The normalized spacial score (nSPS) is 11.5. The van der Waals surface area contributed by atoms with Crippen LogP contribution < -0.4 is 5.73 Å². The third-order valence-electron chi connectivity index (χ3n) is 3.26. The van der Waals surface area contributed by atoms with Gasteiger partial charge in [0.25, 0.3) is 0 Å². The van der Waals surface area contributed by atoms with Crippen LogP contribution in [-0.2, 0) is 6.54 Å². The molecule has 2 N–H and O–H groups in total. The lowest BCUT2D eigenvalue weighted by molar-refractivity contribution is 0.211. The van der Waals surface area contributed by atoms with Crippen molar-refractivity contribution in [1.82, 2.24) is 4.90 Å². The van der Waals surface area contributed by atoms with Crippen molar-refractivity contribution in [3.63, 3.8) is 0 Å². The molecule has 1 aromatic carbocycles. The minimum absolute atomic E-state index is 0.571. The number of nitrogens with zero attached hydrogens (tertiary/aromatic N) is 1. The van der Waals surface area contributed by atoms with Crippen LogP contribution in [0.2, 0.25) is 0 Å². The van der Waals surface area contributed by atoms with Crippen LogP contribution in [0.25, 0.3) is 0 Å². The van der Waals surface area contributed by atoms with Gasteiger partial charge in [0.05, 0.1) is 0 Å². The third kappa shape index (κ3) is 4.49. The summed E-state index contributed by atoms with van der Waals surface area (Å²) in [5.74, 6) is 0. The topological polar surface area (TPSA) is 29.3 Å². The molecule has 2 heteroatoms. The van der Waals surface area contributed by atoms with Crippen molar-refractivity contribution < 1.29 is 0 Å². The Morgan fingerprint density at radius 1 is 1.24 bits per heavy atom. The van der Waals surface area contributed by atoms with E-state index >= 15 is 0 Å². The lowest BCUT2D eigenvalue weighted by atomic mass is 10.0. The zero-order valence-corrected chi connectivity index (χ0v) is 11.7. The van der Waals surface area contributed by atoms with Crippen molar-refractivity contribution in [3.8, 4) is 0 Å². The largest absolute Gasteiger partial charge is 0.330 e. The molecule has 0 spiro atoms. The van der Waals surface area contributed by atoms with E-state index in [-0.39, 0.29) is 0 Å². The Morgan fingerprint density at radius 3 is 2.53 bits per heavy atom. The molecule has 0 aliphatic carbocycles. The average Bonchev–Trinajstić information content (AvgIpc) is 2.28. The summed E-state index contributed by atoms with van der Waals surface area (Å²) >= 11 is 0. The summed E-state index contributed by atoms with van der Waals surface area (Å²) in [6.07, 6.45) is 1.07. The molecule has 0 saturated carbocycles. The van der Waals surface area contributed by atoms with Gasteiger partial charge in [-0.15, -0.1) is 0 Å². The summed E-state index contributed by atoms with van der Waals surface area (Å²) in [5, 5.41) is 0. The van der Waals surface area contributed by atoms with Crippen LogP contribution in [0.15, 0.2) is 18.2 Å². The lowest BCUT2D eigenvalue weighted by Crippen LogP contribution is -2.32. The predicted molar refractivity (Wildman–Crippen MR) is 75.1 cm³/mol. The molecule has 0 aliphatic rings. The summed E-state index contributed by atoms with van der Waals surface area (Å²) in [7, 11) is 0. The van der Waals surface area contributed by atoms with Crippen LogP contribution in [-0.4, -0.2) is 24.0 Å². The Balaban J connectivity index is 2.74. The number of benzene rings is 1. The molecule has 0 saturated heterocycles.